The summed E-state index contributed by atoms with van der Waals surface area (Å²) in [5.41, 5.74) is -1.81. The molecule has 0 atom stereocenters. The number of thiazole rings is 1. The molecule has 1 aliphatic rings. The number of morpholine rings is 1. The lowest BCUT2D eigenvalue weighted by Gasteiger charge is -2.25. The van der Waals surface area contributed by atoms with E-state index in [0.717, 1.165) is 11.3 Å². The van der Waals surface area contributed by atoms with Crippen molar-refractivity contribution in [3.63, 3.8) is 0 Å². The van der Waals surface area contributed by atoms with Gasteiger partial charge >= 0.3 is 18.3 Å². The van der Waals surface area contributed by atoms with Gasteiger partial charge in [0.1, 0.15) is 0 Å². The van der Waals surface area contributed by atoms with Gasteiger partial charge in [-0.2, -0.15) is 26.3 Å². The highest BCUT2D eigenvalue weighted by molar-refractivity contribution is 7.73. The van der Waals surface area contributed by atoms with Crippen molar-refractivity contribution in [3.8, 4) is 17.0 Å². The van der Waals surface area contributed by atoms with Crippen LogP contribution in [0.15, 0.2) is 72.8 Å². The average molecular weight is 738 g/mol. The van der Waals surface area contributed by atoms with Gasteiger partial charge in [0.25, 0.3) is 0 Å². The molecule has 16 heteroatoms. The number of benzene rings is 3. The Morgan fingerprint density at radius 2 is 1.54 bits per heavy atom. The van der Waals surface area contributed by atoms with Crippen molar-refractivity contribution in [3.05, 3.63) is 104 Å². The van der Waals surface area contributed by atoms with Crippen LogP contribution >= 0.6 is 23.6 Å². The molecule has 0 bridgehead atoms. The summed E-state index contributed by atoms with van der Waals surface area (Å²) < 4.78 is 88.8. The number of alkyl halides is 6. The minimum absolute atomic E-state index is 0.0263. The predicted molar refractivity (Wildman–Crippen MR) is 178 cm³/mol. The maximum absolute atomic E-state index is 13.6. The Bertz CT molecular complexity index is 1930. The number of carbonyl (C=O) groups excluding carboxylic acids is 1. The standard InChI is InChI=1S/C34H29F6N3O5S2/c35-33(36,37)24-17-23(18-25(19-24)34(38,39)40)21-2-1-3-22(16-21)27(8-10-42-12-14-48-15-13-42)29-30(45)43(32(49)50-29)11-9-28(44)41-26-6-4-20(5-7-26)31(46)47/h1-8,16-19,45H,9-15H2,(H,41,44)(H,46,47). The molecule has 3 N–H and O–H groups in total. The van der Waals surface area contributed by atoms with Gasteiger partial charge in [-0.05, 0) is 77.4 Å². The largest absolute Gasteiger partial charge is 0.493 e. The molecule has 50 heavy (non-hydrogen) atoms. The summed E-state index contributed by atoms with van der Waals surface area (Å²) in [5.74, 6) is -1.81. The highest BCUT2D eigenvalue weighted by atomic mass is 32.1. The number of aromatic carboxylic acids is 1. The molecule has 0 radical (unpaired) electrons. The third-order valence-electron chi connectivity index (χ3n) is 7.84. The molecule has 0 aliphatic carbocycles. The number of nitrogens with zero attached hydrogens (tertiary/aromatic N) is 2. The zero-order chi connectivity index (χ0) is 36.2. The summed E-state index contributed by atoms with van der Waals surface area (Å²) in [5, 5.41) is 23.1. The van der Waals surface area contributed by atoms with Crippen molar-refractivity contribution < 1.29 is 50.9 Å². The number of nitrogens with one attached hydrogen (secondary N) is 1. The fourth-order valence-electron chi connectivity index (χ4n) is 5.24. The number of hydrogen-bond acceptors (Lipinski definition) is 7. The van der Waals surface area contributed by atoms with E-state index in [1.165, 1.54) is 47.0 Å². The molecule has 1 amide bonds. The van der Waals surface area contributed by atoms with Gasteiger partial charge in [-0.25, -0.2) is 4.79 Å². The number of hydrogen-bond donors (Lipinski definition) is 3. The van der Waals surface area contributed by atoms with Gasteiger partial charge in [0.05, 0.1) is 34.8 Å². The van der Waals surface area contributed by atoms with Crippen molar-refractivity contribution in [1.82, 2.24) is 9.47 Å². The first-order chi connectivity index (χ1) is 23.6. The molecule has 0 saturated carbocycles. The van der Waals surface area contributed by atoms with Gasteiger partial charge in [0.15, 0.2) is 3.95 Å². The van der Waals surface area contributed by atoms with E-state index in [9.17, 15) is 41.0 Å². The molecule has 1 aliphatic heterocycles. The minimum Gasteiger partial charge on any atom is -0.493 e. The number of anilines is 1. The number of aromatic nitrogens is 1. The van der Waals surface area contributed by atoms with Gasteiger partial charge in [-0.3, -0.25) is 14.3 Å². The van der Waals surface area contributed by atoms with E-state index < -0.39 is 35.4 Å². The van der Waals surface area contributed by atoms with E-state index in [1.54, 1.807) is 12.1 Å². The highest BCUT2D eigenvalue weighted by Gasteiger charge is 2.37. The van der Waals surface area contributed by atoms with Crippen LogP contribution in [0.3, 0.4) is 0 Å². The Morgan fingerprint density at radius 1 is 0.900 bits per heavy atom. The molecule has 3 aromatic carbocycles. The van der Waals surface area contributed by atoms with E-state index in [4.69, 9.17) is 22.1 Å². The van der Waals surface area contributed by atoms with Gasteiger partial charge in [-0.1, -0.05) is 24.3 Å². The number of aromatic hydroxyl groups is 1. The number of halogens is 6. The lowest BCUT2D eigenvalue weighted by molar-refractivity contribution is -0.143. The van der Waals surface area contributed by atoms with Crippen LogP contribution in [0.25, 0.3) is 16.7 Å². The molecular formula is C34H29F6N3O5S2. The molecular weight excluding hydrogens is 709 g/mol. The van der Waals surface area contributed by atoms with E-state index >= 15 is 0 Å². The topological polar surface area (TPSA) is 104 Å². The normalized spacial score (nSPS) is 14.5. The van der Waals surface area contributed by atoms with Crippen molar-refractivity contribution >= 4 is 46.7 Å². The predicted octanol–water partition coefficient (Wildman–Crippen LogP) is 8.18. The SMILES string of the molecule is O=C(CCn1c(O)c(C(=CCN2CCOCC2)c2cccc(-c3cc(C(F)(F)F)cc(C(F)(F)F)c3)c2)sc1=S)Nc1ccc(C(=O)O)cc1. The zero-order valence-electron chi connectivity index (χ0n) is 26.0. The van der Waals surface area contributed by atoms with Crippen LogP contribution in [0.1, 0.15) is 38.3 Å². The Balaban J connectivity index is 1.47. The Kier molecular flexibility index (Phi) is 11.2. The molecule has 0 spiro atoms. The lowest BCUT2D eigenvalue weighted by Crippen LogP contribution is -2.36. The first kappa shape index (κ1) is 36.8. The third-order valence-corrected chi connectivity index (χ3v) is 9.32. The number of carboxylic acid groups (broad SMARTS) is 1. The van der Waals surface area contributed by atoms with E-state index in [0.29, 0.717) is 66.7 Å². The van der Waals surface area contributed by atoms with Crippen molar-refractivity contribution in [1.29, 1.82) is 0 Å². The number of amides is 1. The van der Waals surface area contributed by atoms with E-state index in [2.05, 4.69) is 10.2 Å². The van der Waals surface area contributed by atoms with Crippen molar-refractivity contribution in [2.45, 2.75) is 25.3 Å². The monoisotopic (exact) mass is 737 g/mol. The Morgan fingerprint density at radius 3 is 2.14 bits per heavy atom. The van der Waals surface area contributed by atoms with Gasteiger partial charge in [-0.15, -0.1) is 11.3 Å². The fraction of sp³-hybridized carbons (Fsp3) is 0.265. The van der Waals surface area contributed by atoms with Crippen LogP contribution in [-0.2, 0) is 28.4 Å². The summed E-state index contributed by atoms with van der Waals surface area (Å²) in [4.78, 5) is 26.1. The molecule has 4 aromatic rings. The first-order valence-electron chi connectivity index (χ1n) is 15.1. The summed E-state index contributed by atoms with van der Waals surface area (Å²) in [7, 11) is 0. The molecule has 2 heterocycles. The van der Waals surface area contributed by atoms with Gasteiger partial charge in [0.2, 0.25) is 11.8 Å². The lowest BCUT2D eigenvalue weighted by atomic mass is 9.95. The highest BCUT2D eigenvalue weighted by Crippen LogP contribution is 2.41. The molecule has 5 rings (SSSR count). The van der Waals surface area contributed by atoms with E-state index in [-0.39, 0.29) is 45.6 Å². The smallest absolute Gasteiger partial charge is 0.416 e. The van der Waals surface area contributed by atoms with Gasteiger partial charge in [0, 0.05) is 43.9 Å². The molecule has 1 aromatic heterocycles. The van der Waals surface area contributed by atoms with E-state index in [1.807, 2.05) is 0 Å². The van der Waals surface area contributed by atoms with Crippen LogP contribution in [0.5, 0.6) is 5.88 Å². The minimum atomic E-state index is -5.02. The quantitative estimate of drug-likeness (QED) is 0.111. The number of carboxylic acids is 1. The van der Waals surface area contributed by atoms with Crippen LogP contribution in [0, 0.1) is 3.95 Å². The van der Waals surface area contributed by atoms with Crippen LogP contribution in [-0.4, -0.2) is 64.4 Å². The molecule has 8 nitrogen and oxygen atoms in total. The summed E-state index contributed by atoms with van der Waals surface area (Å²) in [6, 6.07) is 12.9. The molecule has 1 fully saturated rings. The summed E-state index contributed by atoms with van der Waals surface area (Å²) in [6.45, 7) is 2.60. The fourth-order valence-corrected chi connectivity index (χ4v) is 6.64. The van der Waals surface area contributed by atoms with Crippen molar-refractivity contribution in [2.75, 3.05) is 38.2 Å². The number of rotatable bonds is 10. The average Bonchev–Trinajstić information content (AvgIpc) is 3.35. The maximum atomic E-state index is 13.6. The second kappa shape index (κ2) is 15.2. The Labute approximate surface area is 290 Å². The zero-order valence-corrected chi connectivity index (χ0v) is 27.6. The molecule has 0 unspecified atom stereocenters. The van der Waals surface area contributed by atoms with Gasteiger partial charge < -0.3 is 20.3 Å². The maximum Gasteiger partial charge on any atom is 0.416 e. The second-order valence-corrected chi connectivity index (χ2v) is 12.9. The second-order valence-electron chi connectivity index (χ2n) is 11.3. The number of ether oxygens (including phenoxy) is 1. The van der Waals surface area contributed by atoms with Crippen LogP contribution in [0.2, 0.25) is 0 Å². The summed E-state index contributed by atoms with van der Waals surface area (Å²) in [6.07, 6.45) is -8.35. The molecule has 264 valence electrons. The van der Waals surface area contributed by atoms with Crippen LogP contribution in [0.4, 0.5) is 32.0 Å². The Hall–Kier alpha value is -4.51. The third kappa shape index (κ3) is 8.98. The number of carbonyl (C=O) groups is 2. The first-order valence-corrected chi connectivity index (χ1v) is 16.3. The molecule has 1 saturated heterocycles. The summed E-state index contributed by atoms with van der Waals surface area (Å²) >= 11 is 6.56. The van der Waals surface area contributed by atoms with Crippen molar-refractivity contribution in [2.24, 2.45) is 0 Å². The van der Waals surface area contributed by atoms with Crippen LogP contribution < -0.4 is 5.32 Å².